The summed E-state index contributed by atoms with van der Waals surface area (Å²) in [6.45, 7) is 1.78. The lowest BCUT2D eigenvalue weighted by atomic mass is 10.1. The van der Waals surface area contributed by atoms with Crippen LogP contribution in [0.15, 0.2) is 0 Å². The normalized spacial score (nSPS) is 25.4. The van der Waals surface area contributed by atoms with Gasteiger partial charge >= 0.3 is 5.97 Å². The molecule has 1 aliphatic rings. The van der Waals surface area contributed by atoms with Crippen molar-refractivity contribution >= 4 is 27.8 Å². The molecule has 0 aromatic carbocycles. The van der Waals surface area contributed by atoms with Crippen LogP contribution in [0, 0.1) is 5.92 Å². The summed E-state index contributed by atoms with van der Waals surface area (Å²) in [4.78, 5) is 23.7. The van der Waals surface area contributed by atoms with Crippen LogP contribution in [0.4, 0.5) is 0 Å². The van der Waals surface area contributed by atoms with Crippen molar-refractivity contribution in [1.29, 1.82) is 0 Å². The van der Waals surface area contributed by atoms with E-state index in [1.54, 1.807) is 0 Å². The molecule has 15 heavy (non-hydrogen) atoms. The number of alkyl halides is 1. The molecule has 1 saturated heterocycles. The molecule has 1 unspecified atom stereocenters. The number of carbonyl (C=O) groups is 2. The molecule has 1 fully saturated rings. The first-order valence-corrected chi connectivity index (χ1v) is 5.85. The Kier molecular flexibility index (Phi) is 4.10. The number of halogens is 1. The lowest BCUT2D eigenvalue weighted by molar-refractivity contribution is -0.152. The predicted octanol–water partition coefficient (Wildman–Crippen LogP) is 0.0638. The highest BCUT2D eigenvalue weighted by atomic mass is 79.9. The van der Waals surface area contributed by atoms with Crippen LogP contribution in [0.1, 0.15) is 13.3 Å². The molecular weight excluding hydrogens is 266 g/mol. The fraction of sp³-hybridized carbons (Fsp3) is 0.778. The van der Waals surface area contributed by atoms with Gasteiger partial charge in [0, 0.05) is 18.3 Å². The fourth-order valence-corrected chi connectivity index (χ4v) is 2.21. The van der Waals surface area contributed by atoms with Gasteiger partial charge in [-0.15, -0.1) is 0 Å². The molecule has 1 amide bonds. The van der Waals surface area contributed by atoms with Gasteiger partial charge in [-0.25, -0.2) is 4.79 Å². The number of aliphatic carboxylic acids is 1. The summed E-state index contributed by atoms with van der Waals surface area (Å²) < 4.78 is 0. The van der Waals surface area contributed by atoms with E-state index in [4.69, 9.17) is 5.11 Å². The van der Waals surface area contributed by atoms with E-state index in [0.717, 1.165) is 0 Å². The van der Waals surface area contributed by atoms with E-state index in [0.29, 0.717) is 18.3 Å². The first-order valence-electron chi connectivity index (χ1n) is 4.73. The van der Waals surface area contributed by atoms with Crippen LogP contribution in [0.3, 0.4) is 0 Å². The maximum Gasteiger partial charge on any atom is 0.329 e. The van der Waals surface area contributed by atoms with E-state index < -0.39 is 18.1 Å². The lowest BCUT2D eigenvalue weighted by Gasteiger charge is -2.26. The van der Waals surface area contributed by atoms with Crippen molar-refractivity contribution in [2.45, 2.75) is 25.5 Å². The van der Waals surface area contributed by atoms with Crippen molar-refractivity contribution in [3.05, 3.63) is 0 Å². The Bertz CT molecular complexity index is 269. The van der Waals surface area contributed by atoms with Gasteiger partial charge in [0.15, 0.2) is 6.04 Å². The fourth-order valence-electron chi connectivity index (χ4n) is 1.78. The number of rotatable bonds is 4. The van der Waals surface area contributed by atoms with Crippen LogP contribution < -0.4 is 0 Å². The lowest BCUT2D eigenvalue weighted by Crippen LogP contribution is -2.48. The summed E-state index contributed by atoms with van der Waals surface area (Å²) in [5, 5.41) is 18.9. The first-order chi connectivity index (χ1) is 6.97. The van der Waals surface area contributed by atoms with Crippen molar-refractivity contribution < 1.29 is 19.8 Å². The average Bonchev–Trinajstić information content (AvgIpc) is 2.46. The van der Waals surface area contributed by atoms with Crippen molar-refractivity contribution in [2.75, 3.05) is 11.9 Å². The molecule has 0 radical (unpaired) electrons. The monoisotopic (exact) mass is 279 g/mol. The number of carbonyl (C=O) groups excluding carboxylic acids is 1. The Morgan fingerprint density at radius 3 is 2.67 bits per heavy atom. The SMILES string of the molecule is C[C@H](O)[C@H](C(=O)O)N1CC(CBr)CC1=O. The minimum atomic E-state index is -1.16. The van der Waals surface area contributed by atoms with Crippen molar-refractivity contribution in [2.24, 2.45) is 5.92 Å². The molecule has 0 bridgehead atoms. The van der Waals surface area contributed by atoms with Gasteiger partial charge in [0.05, 0.1) is 6.10 Å². The molecule has 1 heterocycles. The topological polar surface area (TPSA) is 77.8 Å². The van der Waals surface area contributed by atoms with E-state index >= 15 is 0 Å². The van der Waals surface area contributed by atoms with Gasteiger partial charge in [-0.3, -0.25) is 4.79 Å². The number of nitrogens with zero attached hydrogens (tertiary/aromatic N) is 1. The van der Waals surface area contributed by atoms with Crippen LogP contribution in [0.25, 0.3) is 0 Å². The second-order valence-electron chi connectivity index (χ2n) is 3.79. The third-order valence-corrected chi connectivity index (χ3v) is 3.42. The smallest absolute Gasteiger partial charge is 0.329 e. The van der Waals surface area contributed by atoms with Crippen LogP contribution in [0.5, 0.6) is 0 Å². The molecular formula is C9H14BrNO4. The standard InChI is InChI=1S/C9H14BrNO4/c1-5(12)8(9(14)15)11-4-6(3-10)2-7(11)13/h5-6,8,12H,2-4H2,1H3,(H,14,15)/t5-,6?,8+/m0/s1. The Morgan fingerprint density at radius 1 is 1.73 bits per heavy atom. The molecule has 0 spiro atoms. The van der Waals surface area contributed by atoms with Crippen molar-refractivity contribution in [1.82, 2.24) is 4.90 Å². The zero-order valence-electron chi connectivity index (χ0n) is 8.39. The van der Waals surface area contributed by atoms with Crippen molar-refractivity contribution in [3.8, 4) is 0 Å². The molecule has 86 valence electrons. The van der Waals surface area contributed by atoms with Gasteiger partial charge in [0.25, 0.3) is 0 Å². The quantitative estimate of drug-likeness (QED) is 0.714. The van der Waals surface area contributed by atoms with Gasteiger partial charge in [0.1, 0.15) is 0 Å². The second kappa shape index (κ2) is 4.94. The highest BCUT2D eigenvalue weighted by Gasteiger charge is 2.39. The zero-order chi connectivity index (χ0) is 11.6. The Labute approximate surface area is 96.2 Å². The minimum absolute atomic E-state index is 0.137. The summed E-state index contributed by atoms with van der Waals surface area (Å²) in [7, 11) is 0. The second-order valence-corrected chi connectivity index (χ2v) is 4.44. The number of carboxylic acid groups (broad SMARTS) is 1. The van der Waals surface area contributed by atoms with Crippen LogP contribution >= 0.6 is 15.9 Å². The molecule has 3 atom stereocenters. The molecule has 1 rings (SSSR count). The largest absolute Gasteiger partial charge is 0.480 e. The number of aliphatic hydroxyl groups is 1. The zero-order valence-corrected chi connectivity index (χ0v) is 9.98. The minimum Gasteiger partial charge on any atom is -0.480 e. The number of aliphatic hydroxyl groups excluding tert-OH is 1. The van der Waals surface area contributed by atoms with E-state index in [-0.39, 0.29) is 11.8 Å². The predicted molar refractivity (Wildman–Crippen MR) is 56.7 cm³/mol. The van der Waals surface area contributed by atoms with E-state index in [9.17, 15) is 14.7 Å². The molecule has 6 heteroatoms. The molecule has 0 aliphatic carbocycles. The summed E-state index contributed by atoms with van der Waals surface area (Å²) >= 11 is 3.27. The maximum absolute atomic E-state index is 11.5. The summed E-state index contributed by atoms with van der Waals surface area (Å²) in [5.41, 5.74) is 0. The molecule has 0 aromatic rings. The average molecular weight is 280 g/mol. The van der Waals surface area contributed by atoms with E-state index in [1.807, 2.05) is 0 Å². The third-order valence-electron chi connectivity index (χ3n) is 2.50. The molecule has 5 nitrogen and oxygen atoms in total. The van der Waals surface area contributed by atoms with Crippen LogP contribution in [-0.4, -0.2) is 51.0 Å². The maximum atomic E-state index is 11.5. The van der Waals surface area contributed by atoms with E-state index in [2.05, 4.69) is 15.9 Å². The molecule has 2 N–H and O–H groups in total. The van der Waals surface area contributed by atoms with E-state index in [1.165, 1.54) is 11.8 Å². The van der Waals surface area contributed by atoms with Crippen molar-refractivity contribution in [3.63, 3.8) is 0 Å². The van der Waals surface area contributed by atoms with Gasteiger partial charge in [-0.1, -0.05) is 15.9 Å². The Morgan fingerprint density at radius 2 is 2.33 bits per heavy atom. The van der Waals surface area contributed by atoms with Crippen LogP contribution in [0.2, 0.25) is 0 Å². The Balaban J connectivity index is 2.77. The third kappa shape index (κ3) is 2.69. The number of carboxylic acids is 1. The number of likely N-dealkylation sites (tertiary alicyclic amines) is 1. The van der Waals surface area contributed by atoms with Crippen LogP contribution in [-0.2, 0) is 9.59 Å². The number of hydrogen-bond donors (Lipinski definition) is 2. The van der Waals surface area contributed by atoms with Gasteiger partial charge < -0.3 is 15.1 Å². The summed E-state index contributed by atoms with van der Waals surface area (Å²) in [6, 6.07) is -1.12. The number of amides is 1. The van der Waals surface area contributed by atoms with Gasteiger partial charge in [-0.05, 0) is 12.8 Å². The summed E-state index contributed by atoms with van der Waals surface area (Å²) in [6.07, 6.45) is -0.706. The molecule has 0 saturated carbocycles. The molecule has 0 aromatic heterocycles. The first kappa shape index (κ1) is 12.4. The van der Waals surface area contributed by atoms with Gasteiger partial charge in [0.2, 0.25) is 5.91 Å². The highest BCUT2D eigenvalue weighted by Crippen LogP contribution is 2.23. The Hall–Kier alpha value is -0.620. The summed E-state index contributed by atoms with van der Waals surface area (Å²) in [5.74, 6) is -1.22. The highest BCUT2D eigenvalue weighted by molar-refractivity contribution is 9.09. The number of hydrogen-bond acceptors (Lipinski definition) is 3. The molecule has 1 aliphatic heterocycles. The van der Waals surface area contributed by atoms with Gasteiger partial charge in [-0.2, -0.15) is 0 Å².